The number of hydrogen-bond donors (Lipinski definition) is 0. The Bertz CT molecular complexity index is 341. The molecule has 1 aliphatic rings. The van der Waals surface area contributed by atoms with Crippen LogP contribution in [0.3, 0.4) is 0 Å². The quantitative estimate of drug-likeness (QED) is 0.758. The van der Waals surface area contributed by atoms with Crippen LogP contribution in [0.15, 0.2) is 18.2 Å². The van der Waals surface area contributed by atoms with Crippen molar-refractivity contribution in [3.8, 4) is 0 Å². The molecule has 1 aliphatic heterocycles. The summed E-state index contributed by atoms with van der Waals surface area (Å²) in [6.45, 7) is 2.39. The number of nitrogens with zero attached hydrogens (tertiary/aromatic N) is 3. The van der Waals surface area contributed by atoms with E-state index in [-0.39, 0.29) is 0 Å². The van der Waals surface area contributed by atoms with Gasteiger partial charge in [0.05, 0.1) is 0 Å². The lowest BCUT2D eigenvalue weighted by molar-refractivity contribution is 0.253. The molecule has 0 aromatic carbocycles. The highest BCUT2D eigenvalue weighted by Gasteiger charge is 2.19. The Morgan fingerprint density at radius 2 is 1.94 bits per heavy atom. The summed E-state index contributed by atoms with van der Waals surface area (Å²) < 4.78 is 0. The minimum Gasteiger partial charge on any atom is -0.363 e. The van der Waals surface area contributed by atoms with Gasteiger partial charge in [-0.3, -0.25) is 0 Å². The number of anilines is 1. The highest BCUT2D eigenvalue weighted by Crippen LogP contribution is 2.26. The summed E-state index contributed by atoms with van der Waals surface area (Å²) in [6, 6.07) is 6.36. The molecule has 1 fully saturated rings. The predicted molar refractivity (Wildman–Crippen MR) is 68.0 cm³/mol. The van der Waals surface area contributed by atoms with E-state index in [1.807, 2.05) is 14.1 Å². The second kappa shape index (κ2) is 4.83. The second-order valence-electron chi connectivity index (χ2n) is 4.89. The average molecular weight is 219 g/mol. The zero-order chi connectivity index (χ0) is 11.5. The largest absolute Gasteiger partial charge is 0.363 e. The molecule has 0 radical (unpaired) electrons. The number of rotatable bonds is 2. The third kappa shape index (κ3) is 2.53. The van der Waals surface area contributed by atoms with Crippen LogP contribution in [0.1, 0.15) is 24.5 Å². The number of hydrogen-bond acceptors (Lipinski definition) is 3. The summed E-state index contributed by atoms with van der Waals surface area (Å²) >= 11 is 0. The number of pyridine rings is 1. The first kappa shape index (κ1) is 11.4. The number of piperidine rings is 1. The Labute approximate surface area is 98.1 Å². The van der Waals surface area contributed by atoms with E-state index in [0.717, 1.165) is 5.82 Å². The molecule has 3 heteroatoms. The number of likely N-dealkylation sites (tertiary alicyclic amines) is 1. The topological polar surface area (TPSA) is 19.4 Å². The molecule has 0 bridgehead atoms. The van der Waals surface area contributed by atoms with Crippen molar-refractivity contribution in [2.75, 3.05) is 39.1 Å². The molecule has 0 aliphatic carbocycles. The van der Waals surface area contributed by atoms with E-state index < -0.39 is 0 Å². The van der Waals surface area contributed by atoms with Crippen molar-refractivity contribution in [2.45, 2.75) is 18.8 Å². The van der Waals surface area contributed by atoms with Gasteiger partial charge in [0, 0.05) is 25.7 Å². The molecule has 0 atom stereocenters. The van der Waals surface area contributed by atoms with Crippen molar-refractivity contribution >= 4 is 5.82 Å². The van der Waals surface area contributed by atoms with Crippen molar-refractivity contribution in [2.24, 2.45) is 0 Å². The van der Waals surface area contributed by atoms with Crippen LogP contribution in [-0.4, -0.2) is 44.1 Å². The summed E-state index contributed by atoms with van der Waals surface area (Å²) in [5, 5.41) is 0. The third-order valence-corrected chi connectivity index (χ3v) is 3.35. The van der Waals surface area contributed by atoms with Gasteiger partial charge < -0.3 is 9.80 Å². The van der Waals surface area contributed by atoms with Gasteiger partial charge in [0.15, 0.2) is 0 Å². The Morgan fingerprint density at radius 1 is 1.25 bits per heavy atom. The molecule has 2 rings (SSSR count). The molecule has 0 amide bonds. The molecule has 0 saturated carbocycles. The SMILES string of the molecule is CN1CCC(c2cccc(N(C)C)n2)CC1. The maximum absolute atomic E-state index is 4.73. The van der Waals surface area contributed by atoms with Crippen LogP contribution in [0, 0.1) is 0 Å². The lowest BCUT2D eigenvalue weighted by Crippen LogP contribution is -2.29. The lowest BCUT2D eigenvalue weighted by atomic mass is 9.93. The van der Waals surface area contributed by atoms with E-state index >= 15 is 0 Å². The van der Waals surface area contributed by atoms with Gasteiger partial charge in [-0.1, -0.05) is 6.07 Å². The first-order chi connectivity index (χ1) is 7.66. The maximum atomic E-state index is 4.73. The summed E-state index contributed by atoms with van der Waals surface area (Å²) in [4.78, 5) is 9.19. The molecule has 1 aromatic rings. The zero-order valence-corrected chi connectivity index (χ0v) is 10.5. The van der Waals surface area contributed by atoms with E-state index in [4.69, 9.17) is 4.98 Å². The van der Waals surface area contributed by atoms with E-state index in [9.17, 15) is 0 Å². The van der Waals surface area contributed by atoms with E-state index in [1.165, 1.54) is 31.6 Å². The first-order valence-corrected chi connectivity index (χ1v) is 5.99. The molecule has 0 spiro atoms. The van der Waals surface area contributed by atoms with Crippen molar-refractivity contribution in [1.29, 1.82) is 0 Å². The van der Waals surface area contributed by atoms with Crippen LogP contribution in [0.2, 0.25) is 0 Å². The molecule has 1 aromatic heterocycles. The van der Waals surface area contributed by atoms with Gasteiger partial charge in [0.2, 0.25) is 0 Å². The van der Waals surface area contributed by atoms with E-state index in [1.54, 1.807) is 0 Å². The van der Waals surface area contributed by atoms with Gasteiger partial charge in [0.1, 0.15) is 5.82 Å². The van der Waals surface area contributed by atoms with Gasteiger partial charge in [-0.2, -0.15) is 0 Å². The zero-order valence-electron chi connectivity index (χ0n) is 10.5. The summed E-state index contributed by atoms with van der Waals surface area (Å²) in [6.07, 6.45) is 2.47. The standard InChI is InChI=1S/C13H21N3/c1-15(2)13-6-4-5-12(14-13)11-7-9-16(3)10-8-11/h4-6,11H,7-10H2,1-3H3. The monoisotopic (exact) mass is 219 g/mol. The second-order valence-corrected chi connectivity index (χ2v) is 4.89. The smallest absolute Gasteiger partial charge is 0.128 e. The van der Waals surface area contributed by atoms with Crippen LogP contribution in [0.4, 0.5) is 5.82 Å². The Morgan fingerprint density at radius 3 is 2.56 bits per heavy atom. The molecule has 16 heavy (non-hydrogen) atoms. The molecule has 1 saturated heterocycles. The van der Waals surface area contributed by atoms with Crippen molar-refractivity contribution < 1.29 is 0 Å². The molecular weight excluding hydrogens is 198 g/mol. The fourth-order valence-electron chi connectivity index (χ4n) is 2.22. The maximum Gasteiger partial charge on any atom is 0.128 e. The molecular formula is C13H21N3. The molecule has 2 heterocycles. The van der Waals surface area contributed by atoms with E-state index in [2.05, 4.69) is 35.0 Å². The highest BCUT2D eigenvalue weighted by molar-refractivity contribution is 5.37. The van der Waals surface area contributed by atoms with Gasteiger partial charge >= 0.3 is 0 Å². The van der Waals surface area contributed by atoms with Gasteiger partial charge in [-0.05, 0) is 45.1 Å². The van der Waals surface area contributed by atoms with Crippen molar-refractivity contribution in [3.63, 3.8) is 0 Å². The summed E-state index contributed by atoms with van der Waals surface area (Å²) in [5.74, 6) is 1.72. The molecule has 0 N–H and O–H groups in total. The van der Waals surface area contributed by atoms with Crippen LogP contribution < -0.4 is 4.90 Å². The van der Waals surface area contributed by atoms with Crippen molar-refractivity contribution in [1.82, 2.24) is 9.88 Å². The van der Waals surface area contributed by atoms with Crippen LogP contribution in [0.25, 0.3) is 0 Å². The average Bonchev–Trinajstić information content (AvgIpc) is 2.30. The van der Waals surface area contributed by atoms with Gasteiger partial charge in [0.25, 0.3) is 0 Å². The van der Waals surface area contributed by atoms with Crippen LogP contribution in [-0.2, 0) is 0 Å². The Balaban J connectivity index is 2.11. The Hall–Kier alpha value is -1.09. The minimum absolute atomic E-state index is 0.649. The number of aromatic nitrogens is 1. The fourth-order valence-corrected chi connectivity index (χ4v) is 2.22. The van der Waals surface area contributed by atoms with Crippen LogP contribution in [0.5, 0.6) is 0 Å². The highest BCUT2D eigenvalue weighted by atomic mass is 15.1. The lowest BCUT2D eigenvalue weighted by Gasteiger charge is -2.29. The molecule has 0 unspecified atom stereocenters. The summed E-state index contributed by atoms with van der Waals surface area (Å²) in [7, 11) is 6.28. The van der Waals surface area contributed by atoms with Gasteiger partial charge in [-0.25, -0.2) is 4.98 Å². The minimum atomic E-state index is 0.649. The third-order valence-electron chi connectivity index (χ3n) is 3.35. The molecule has 3 nitrogen and oxygen atoms in total. The first-order valence-electron chi connectivity index (χ1n) is 5.99. The predicted octanol–water partition coefficient (Wildman–Crippen LogP) is 1.96. The Kier molecular flexibility index (Phi) is 3.44. The fraction of sp³-hybridized carbons (Fsp3) is 0.615. The van der Waals surface area contributed by atoms with Gasteiger partial charge in [-0.15, -0.1) is 0 Å². The molecule has 88 valence electrons. The normalized spacial score (nSPS) is 18.7. The van der Waals surface area contributed by atoms with Crippen LogP contribution >= 0.6 is 0 Å². The summed E-state index contributed by atoms with van der Waals surface area (Å²) in [5.41, 5.74) is 1.26. The van der Waals surface area contributed by atoms with E-state index in [0.29, 0.717) is 5.92 Å². The van der Waals surface area contributed by atoms with Crippen molar-refractivity contribution in [3.05, 3.63) is 23.9 Å².